The van der Waals surface area contributed by atoms with Crippen LogP contribution in [0.5, 0.6) is 0 Å². The number of aromatic nitrogens is 1. The molecule has 0 atom stereocenters. The second-order valence-electron chi connectivity index (χ2n) is 24.0. The van der Waals surface area contributed by atoms with Crippen molar-refractivity contribution in [2.75, 3.05) is 9.80 Å². The maximum Gasteiger partial charge on any atom is 0.252 e. The van der Waals surface area contributed by atoms with E-state index >= 15 is 13.2 Å². The normalized spacial score (nSPS) is 13.8. The van der Waals surface area contributed by atoms with Crippen molar-refractivity contribution in [2.24, 2.45) is 0 Å². The molecule has 0 N–H and O–H groups in total. The minimum Gasteiger partial charge on any atom is -0.311 e. The summed E-state index contributed by atoms with van der Waals surface area (Å²) in [6.45, 7) is 26.8. The van der Waals surface area contributed by atoms with Crippen LogP contribution >= 0.6 is 0 Å². The smallest absolute Gasteiger partial charge is 0.252 e. The molecule has 0 aliphatic carbocycles. The first kappa shape index (κ1) is 46.4. The summed E-state index contributed by atoms with van der Waals surface area (Å²) >= 11 is 0. The van der Waals surface area contributed by atoms with E-state index in [4.69, 9.17) is 0 Å². The average Bonchev–Trinajstić information content (AvgIpc) is 3.62. The second-order valence-corrected chi connectivity index (χ2v) is 24.0. The quantitative estimate of drug-likeness (QED) is 0.163. The average molecular weight is 940 g/mol. The van der Waals surface area contributed by atoms with E-state index in [1.165, 1.54) is 52.6 Å². The molecule has 11 rings (SSSR count). The zero-order chi connectivity index (χ0) is 50.3. The number of rotatable bonds is 4. The minimum absolute atomic E-state index is 0.0305. The molecule has 1 aromatic heterocycles. The van der Waals surface area contributed by atoms with Gasteiger partial charge < -0.3 is 14.4 Å². The van der Waals surface area contributed by atoms with Crippen molar-refractivity contribution in [3.8, 4) is 16.8 Å². The van der Waals surface area contributed by atoms with Gasteiger partial charge in [-0.3, -0.25) is 0 Å². The number of benzene rings is 8. The number of fused-ring (bicyclic) bond motifs is 7. The lowest BCUT2D eigenvalue weighted by Crippen LogP contribution is -2.61. The van der Waals surface area contributed by atoms with Gasteiger partial charge in [0.15, 0.2) is 0 Å². The number of para-hydroxylation sites is 1. The van der Waals surface area contributed by atoms with Crippen LogP contribution in [0.1, 0.15) is 105 Å². The molecule has 3 nitrogen and oxygen atoms in total. The molecular weight excluding hydrogens is 879 g/mol. The van der Waals surface area contributed by atoms with E-state index in [0.717, 1.165) is 72.7 Å². The largest absolute Gasteiger partial charge is 0.311 e. The Morgan fingerprint density at radius 1 is 0.380 bits per heavy atom. The third-order valence-electron chi connectivity index (χ3n) is 15.0. The highest BCUT2D eigenvalue weighted by molar-refractivity contribution is 7.00. The molecule has 2 aliphatic rings. The van der Waals surface area contributed by atoms with E-state index in [2.05, 4.69) is 188 Å². The van der Waals surface area contributed by atoms with Crippen LogP contribution in [-0.2, 0) is 21.7 Å². The molecule has 0 radical (unpaired) electrons. The lowest BCUT2D eigenvalue weighted by molar-refractivity contribution is 0.590. The first-order valence-electron chi connectivity index (χ1n) is 24.9. The highest BCUT2D eigenvalue weighted by Gasteiger charge is 2.45. The van der Waals surface area contributed by atoms with Crippen LogP contribution in [0.4, 0.5) is 47.3 Å². The van der Waals surface area contributed by atoms with Gasteiger partial charge in [-0.2, -0.15) is 0 Å². The van der Waals surface area contributed by atoms with Crippen molar-refractivity contribution >= 4 is 79.0 Å². The molecule has 8 aromatic carbocycles. The Hall–Kier alpha value is -6.99. The molecule has 0 fully saturated rings. The number of halogens is 3. The van der Waals surface area contributed by atoms with Gasteiger partial charge in [0.05, 0.1) is 28.1 Å². The molecular formula is C64H61BF3N3. The van der Waals surface area contributed by atoms with Crippen LogP contribution in [0.2, 0.25) is 0 Å². The molecule has 0 saturated carbocycles. The Labute approximate surface area is 417 Å². The SMILES string of the molecule is CC(C)(C)c1ccc(-c2cc(C(C)(C)C)ccc2N2c3ccc(C(C)(C)C)cc3B3c4cc(C(C)(C)C)ccc4N(c4ccccc4F)c4cc(-n5c6ccc(F)cc6c6cc(F)ccc65)cc2c43)cc1. The fourth-order valence-corrected chi connectivity index (χ4v) is 11.0. The van der Waals surface area contributed by atoms with Crippen molar-refractivity contribution in [1.29, 1.82) is 0 Å². The Bertz CT molecular complexity index is 3570. The van der Waals surface area contributed by atoms with Crippen molar-refractivity contribution in [3.05, 3.63) is 191 Å². The maximum atomic E-state index is 16.9. The van der Waals surface area contributed by atoms with E-state index in [9.17, 15) is 0 Å². The molecule has 2 aliphatic heterocycles. The molecule has 9 aromatic rings. The summed E-state index contributed by atoms with van der Waals surface area (Å²) in [5.74, 6) is -1.15. The number of hydrogen-bond donors (Lipinski definition) is 0. The van der Waals surface area contributed by atoms with Crippen LogP contribution in [0.3, 0.4) is 0 Å². The van der Waals surface area contributed by atoms with Gasteiger partial charge >= 0.3 is 0 Å². The Morgan fingerprint density at radius 2 is 0.817 bits per heavy atom. The topological polar surface area (TPSA) is 11.4 Å². The van der Waals surface area contributed by atoms with E-state index in [1.54, 1.807) is 18.2 Å². The third-order valence-corrected chi connectivity index (χ3v) is 15.0. The van der Waals surface area contributed by atoms with Gasteiger partial charge in [0.1, 0.15) is 17.5 Å². The Morgan fingerprint density at radius 3 is 1.30 bits per heavy atom. The lowest BCUT2D eigenvalue weighted by atomic mass is 9.33. The fourth-order valence-electron chi connectivity index (χ4n) is 11.0. The van der Waals surface area contributed by atoms with Crippen molar-refractivity contribution in [1.82, 2.24) is 4.57 Å². The van der Waals surface area contributed by atoms with E-state index in [-0.39, 0.29) is 34.2 Å². The summed E-state index contributed by atoms with van der Waals surface area (Å²) in [4.78, 5) is 4.54. The van der Waals surface area contributed by atoms with E-state index in [1.807, 2.05) is 12.1 Å². The zero-order valence-electron chi connectivity index (χ0n) is 43.0. The molecule has 3 heterocycles. The number of anilines is 6. The highest BCUT2D eigenvalue weighted by Crippen LogP contribution is 2.50. The summed E-state index contributed by atoms with van der Waals surface area (Å²) in [5, 5.41) is 1.20. The minimum atomic E-state index is -0.402. The monoisotopic (exact) mass is 939 g/mol. The predicted molar refractivity (Wildman–Crippen MR) is 295 cm³/mol. The molecule has 0 spiro atoms. The van der Waals surface area contributed by atoms with Crippen molar-refractivity contribution in [3.63, 3.8) is 0 Å². The Balaban J connectivity index is 1.32. The first-order chi connectivity index (χ1) is 33.5. The molecule has 71 heavy (non-hydrogen) atoms. The van der Waals surface area contributed by atoms with Gasteiger partial charge in [0, 0.05) is 39.1 Å². The van der Waals surface area contributed by atoms with Crippen LogP contribution in [0.15, 0.2) is 152 Å². The maximum absolute atomic E-state index is 16.9. The molecule has 0 bridgehead atoms. The number of hydrogen-bond acceptors (Lipinski definition) is 2. The zero-order valence-corrected chi connectivity index (χ0v) is 43.0. The fraction of sp³-hybridized carbons (Fsp3) is 0.250. The van der Waals surface area contributed by atoms with Crippen LogP contribution in [-0.4, -0.2) is 11.3 Å². The van der Waals surface area contributed by atoms with Gasteiger partial charge in [-0.25, -0.2) is 13.2 Å². The Kier molecular flexibility index (Phi) is 10.5. The summed E-state index contributed by atoms with van der Waals surface area (Å²) < 4.78 is 49.6. The molecule has 0 unspecified atom stereocenters. The van der Waals surface area contributed by atoms with E-state index < -0.39 is 11.6 Å². The van der Waals surface area contributed by atoms with Crippen molar-refractivity contribution < 1.29 is 13.2 Å². The van der Waals surface area contributed by atoms with Crippen LogP contribution in [0, 0.1) is 17.5 Å². The molecule has 0 saturated heterocycles. The van der Waals surface area contributed by atoms with Crippen molar-refractivity contribution in [2.45, 2.75) is 105 Å². The predicted octanol–water partition coefficient (Wildman–Crippen LogP) is 16.1. The summed E-state index contributed by atoms with van der Waals surface area (Å²) in [5.41, 5.74) is 17.2. The lowest BCUT2D eigenvalue weighted by Gasteiger charge is -2.45. The summed E-state index contributed by atoms with van der Waals surface area (Å²) in [6, 6.07) is 50.5. The highest BCUT2D eigenvalue weighted by atomic mass is 19.1. The van der Waals surface area contributed by atoms with Gasteiger partial charge in [-0.15, -0.1) is 0 Å². The summed E-state index contributed by atoms with van der Waals surface area (Å²) in [6.07, 6.45) is 0. The number of nitrogens with zero attached hydrogens (tertiary/aromatic N) is 3. The summed E-state index contributed by atoms with van der Waals surface area (Å²) in [7, 11) is 0. The van der Waals surface area contributed by atoms with Gasteiger partial charge in [-0.1, -0.05) is 150 Å². The van der Waals surface area contributed by atoms with Crippen LogP contribution in [0.25, 0.3) is 38.6 Å². The molecule has 356 valence electrons. The van der Waals surface area contributed by atoms with E-state index in [0.29, 0.717) is 16.5 Å². The van der Waals surface area contributed by atoms with Gasteiger partial charge in [-0.05, 0) is 151 Å². The second kappa shape index (κ2) is 16.0. The van der Waals surface area contributed by atoms with Crippen LogP contribution < -0.4 is 26.2 Å². The third kappa shape index (κ3) is 7.66. The molecule has 0 amide bonds. The molecule has 7 heteroatoms. The standard InChI is InChI=1S/C64H61BF3N3/c1-61(2,3)39-19-17-38(18-20-39)46-31-40(62(4,5)6)21-26-52(46)70-55-27-22-41(63(7,8)9)32-49(55)65-50-33-42(64(10,11)12)23-28-56(50)71(57-16-14-13-15-51(57)68)59-37-45(36-58(70)60(59)65)69-53-29-24-43(66)34-47(53)48-35-44(67)25-30-54(48)69/h13-37H,1-12H3. The van der Waals surface area contributed by atoms with Gasteiger partial charge in [0.2, 0.25) is 0 Å². The van der Waals surface area contributed by atoms with Gasteiger partial charge in [0.25, 0.3) is 6.71 Å². The first-order valence-corrected chi connectivity index (χ1v) is 24.9.